The molecule has 0 aliphatic carbocycles. The van der Waals surface area contributed by atoms with Crippen molar-refractivity contribution in [1.29, 1.82) is 0 Å². The van der Waals surface area contributed by atoms with Gasteiger partial charge in [-0.3, -0.25) is 0 Å². The molecule has 0 fully saturated rings. The number of hydrogen-bond acceptors (Lipinski definition) is 3. The maximum absolute atomic E-state index is 8.88. The highest BCUT2D eigenvalue weighted by Crippen LogP contribution is 2.09. The SMILES string of the molecule is CCC(CCO)NC(CN)C(C)CC. The molecule has 0 radical (unpaired) electrons. The molecule has 0 saturated heterocycles. The molecule has 3 atom stereocenters. The number of nitrogens with one attached hydrogen (secondary N) is 1. The summed E-state index contributed by atoms with van der Waals surface area (Å²) in [5.41, 5.74) is 5.72. The van der Waals surface area contributed by atoms with Crippen LogP contribution in [-0.4, -0.2) is 30.3 Å². The van der Waals surface area contributed by atoms with Crippen LogP contribution >= 0.6 is 0 Å². The third kappa shape index (κ3) is 4.94. The minimum absolute atomic E-state index is 0.253. The van der Waals surface area contributed by atoms with Gasteiger partial charge in [-0.05, 0) is 18.8 Å². The predicted octanol–water partition coefficient (Wildman–Crippen LogP) is 1.11. The Kier molecular flexibility index (Phi) is 8.14. The van der Waals surface area contributed by atoms with Crippen molar-refractivity contribution >= 4 is 0 Å². The van der Waals surface area contributed by atoms with Gasteiger partial charge in [0.15, 0.2) is 0 Å². The largest absolute Gasteiger partial charge is 0.396 e. The second-order valence-electron chi connectivity index (χ2n) is 4.01. The van der Waals surface area contributed by atoms with Gasteiger partial charge in [0.25, 0.3) is 0 Å². The van der Waals surface area contributed by atoms with Crippen molar-refractivity contribution in [2.75, 3.05) is 13.2 Å². The van der Waals surface area contributed by atoms with Gasteiger partial charge in [-0.1, -0.05) is 27.2 Å². The van der Waals surface area contributed by atoms with Crippen LogP contribution in [0, 0.1) is 5.92 Å². The van der Waals surface area contributed by atoms with Crippen molar-refractivity contribution < 1.29 is 5.11 Å². The van der Waals surface area contributed by atoms with Crippen molar-refractivity contribution in [3.63, 3.8) is 0 Å². The number of aliphatic hydroxyl groups is 1. The van der Waals surface area contributed by atoms with E-state index in [4.69, 9.17) is 10.8 Å². The minimum Gasteiger partial charge on any atom is -0.396 e. The molecule has 3 unspecified atom stereocenters. The second-order valence-corrected chi connectivity index (χ2v) is 4.01. The summed E-state index contributed by atoms with van der Waals surface area (Å²) in [4.78, 5) is 0. The first-order valence-electron chi connectivity index (χ1n) is 5.76. The zero-order chi connectivity index (χ0) is 11.0. The fourth-order valence-corrected chi connectivity index (χ4v) is 1.61. The average Bonchev–Trinajstić information content (AvgIpc) is 2.23. The summed E-state index contributed by atoms with van der Waals surface area (Å²) in [6, 6.07) is 0.791. The highest BCUT2D eigenvalue weighted by atomic mass is 16.3. The molecule has 4 N–H and O–H groups in total. The topological polar surface area (TPSA) is 58.3 Å². The van der Waals surface area contributed by atoms with E-state index in [1.807, 2.05) is 0 Å². The fraction of sp³-hybridized carbons (Fsp3) is 1.00. The predicted molar refractivity (Wildman–Crippen MR) is 61.2 cm³/mol. The molecule has 0 aromatic carbocycles. The van der Waals surface area contributed by atoms with Crippen molar-refractivity contribution in [2.45, 2.75) is 52.1 Å². The second kappa shape index (κ2) is 8.21. The van der Waals surface area contributed by atoms with Crippen molar-refractivity contribution in [3.05, 3.63) is 0 Å². The summed E-state index contributed by atoms with van der Waals surface area (Å²) in [6.45, 7) is 7.47. The number of nitrogens with two attached hydrogens (primary N) is 1. The highest BCUT2D eigenvalue weighted by Gasteiger charge is 2.17. The molecule has 0 aromatic heterocycles. The van der Waals surface area contributed by atoms with Gasteiger partial charge in [0.05, 0.1) is 0 Å². The minimum atomic E-state index is 0.253. The number of hydrogen-bond donors (Lipinski definition) is 3. The van der Waals surface area contributed by atoms with Gasteiger partial charge in [0.2, 0.25) is 0 Å². The summed E-state index contributed by atoms with van der Waals surface area (Å²) in [5.74, 6) is 0.604. The smallest absolute Gasteiger partial charge is 0.0445 e. The molecule has 0 heterocycles. The first-order valence-corrected chi connectivity index (χ1v) is 5.76. The molecule has 3 heteroatoms. The summed E-state index contributed by atoms with van der Waals surface area (Å²) in [7, 11) is 0. The van der Waals surface area contributed by atoms with Crippen LogP contribution in [0.15, 0.2) is 0 Å². The van der Waals surface area contributed by atoms with Gasteiger partial charge in [-0.15, -0.1) is 0 Å². The first-order chi connectivity index (χ1) is 6.69. The van der Waals surface area contributed by atoms with Crippen LogP contribution in [0.1, 0.15) is 40.0 Å². The molecule has 0 aliphatic heterocycles. The third-order valence-electron chi connectivity index (χ3n) is 3.00. The van der Waals surface area contributed by atoms with Crippen molar-refractivity contribution in [3.8, 4) is 0 Å². The maximum Gasteiger partial charge on any atom is 0.0445 e. The molecule has 0 aliphatic rings. The van der Waals surface area contributed by atoms with E-state index >= 15 is 0 Å². The van der Waals surface area contributed by atoms with E-state index in [0.717, 1.165) is 19.3 Å². The zero-order valence-electron chi connectivity index (χ0n) is 9.79. The Hall–Kier alpha value is -0.120. The normalized spacial score (nSPS) is 17.8. The lowest BCUT2D eigenvalue weighted by Crippen LogP contribution is -2.46. The van der Waals surface area contributed by atoms with Crippen LogP contribution in [0.2, 0.25) is 0 Å². The van der Waals surface area contributed by atoms with Crippen molar-refractivity contribution in [1.82, 2.24) is 5.32 Å². The molecule has 0 amide bonds. The molecular formula is C11H26N2O. The number of rotatable bonds is 8. The van der Waals surface area contributed by atoms with E-state index in [1.54, 1.807) is 0 Å². The van der Waals surface area contributed by atoms with E-state index in [1.165, 1.54) is 0 Å². The molecule has 0 spiro atoms. The Labute approximate surface area is 88.1 Å². The molecule has 0 bridgehead atoms. The van der Waals surface area contributed by atoms with Crippen LogP contribution in [0.25, 0.3) is 0 Å². The van der Waals surface area contributed by atoms with Gasteiger partial charge >= 0.3 is 0 Å². The Bertz CT molecular complexity index is 130. The Morgan fingerprint density at radius 2 is 1.93 bits per heavy atom. The van der Waals surface area contributed by atoms with Crippen LogP contribution in [0.4, 0.5) is 0 Å². The Morgan fingerprint density at radius 1 is 1.29 bits per heavy atom. The summed E-state index contributed by atoms with van der Waals surface area (Å²) in [5, 5.41) is 12.4. The van der Waals surface area contributed by atoms with E-state index in [0.29, 0.717) is 24.5 Å². The molecule has 0 aromatic rings. The van der Waals surface area contributed by atoms with E-state index < -0.39 is 0 Å². The molecule has 3 nitrogen and oxygen atoms in total. The molecule has 0 saturated carbocycles. The van der Waals surface area contributed by atoms with Gasteiger partial charge in [-0.25, -0.2) is 0 Å². The molecule has 86 valence electrons. The third-order valence-corrected chi connectivity index (χ3v) is 3.00. The first kappa shape index (κ1) is 13.9. The standard InChI is InChI=1S/C11H26N2O/c1-4-9(3)11(8-12)13-10(5-2)6-7-14/h9-11,13-14H,4-8,12H2,1-3H3. The maximum atomic E-state index is 8.88. The summed E-state index contributed by atoms with van der Waals surface area (Å²) in [6.07, 6.45) is 3.02. The monoisotopic (exact) mass is 202 g/mol. The lowest BCUT2D eigenvalue weighted by Gasteiger charge is -2.27. The van der Waals surface area contributed by atoms with Crippen LogP contribution in [0.5, 0.6) is 0 Å². The van der Waals surface area contributed by atoms with Gasteiger partial charge in [0.1, 0.15) is 0 Å². The quantitative estimate of drug-likeness (QED) is 0.552. The van der Waals surface area contributed by atoms with Crippen molar-refractivity contribution in [2.24, 2.45) is 11.7 Å². The van der Waals surface area contributed by atoms with E-state index in [9.17, 15) is 0 Å². The summed E-state index contributed by atoms with van der Waals surface area (Å²) >= 11 is 0. The fourth-order valence-electron chi connectivity index (χ4n) is 1.61. The van der Waals surface area contributed by atoms with Crippen LogP contribution in [0.3, 0.4) is 0 Å². The Morgan fingerprint density at radius 3 is 2.29 bits per heavy atom. The molecule has 0 rings (SSSR count). The number of aliphatic hydroxyl groups excluding tert-OH is 1. The Balaban J connectivity index is 3.99. The van der Waals surface area contributed by atoms with Crippen LogP contribution < -0.4 is 11.1 Å². The van der Waals surface area contributed by atoms with Gasteiger partial charge in [0, 0.05) is 25.2 Å². The highest BCUT2D eigenvalue weighted by molar-refractivity contribution is 4.78. The zero-order valence-corrected chi connectivity index (χ0v) is 9.79. The lowest BCUT2D eigenvalue weighted by molar-refractivity contribution is 0.243. The van der Waals surface area contributed by atoms with Gasteiger partial charge < -0.3 is 16.2 Å². The summed E-state index contributed by atoms with van der Waals surface area (Å²) < 4.78 is 0. The van der Waals surface area contributed by atoms with Crippen LogP contribution in [-0.2, 0) is 0 Å². The molecule has 14 heavy (non-hydrogen) atoms. The average molecular weight is 202 g/mol. The van der Waals surface area contributed by atoms with E-state index in [2.05, 4.69) is 26.1 Å². The van der Waals surface area contributed by atoms with Gasteiger partial charge in [-0.2, -0.15) is 0 Å². The molecular weight excluding hydrogens is 176 g/mol. The lowest BCUT2D eigenvalue weighted by atomic mass is 9.97. The van der Waals surface area contributed by atoms with E-state index in [-0.39, 0.29) is 6.61 Å².